The van der Waals surface area contributed by atoms with E-state index in [-0.39, 0.29) is 16.6 Å². The summed E-state index contributed by atoms with van der Waals surface area (Å²) in [6.07, 6.45) is 2.69. The molecule has 3 aromatic rings. The second-order valence-electron chi connectivity index (χ2n) is 7.72. The van der Waals surface area contributed by atoms with Crippen molar-refractivity contribution in [3.8, 4) is 0 Å². The van der Waals surface area contributed by atoms with E-state index in [1.54, 1.807) is 36.5 Å². The number of halogens is 1. The van der Waals surface area contributed by atoms with E-state index in [1.165, 1.54) is 16.1 Å². The van der Waals surface area contributed by atoms with E-state index in [2.05, 4.69) is 4.90 Å². The SMILES string of the molecule is Cc1ccc(S(=O)(=O)n2cc([C@H]3C[C@H]3CN(C)C)c3cc(F)ccc32)cc1. The van der Waals surface area contributed by atoms with E-state index >= 15 is 0 Å². The lowest BCUT2D eigenvalue weighted by atomic mass is 10.1. The van der Waals surface area contributed by atoms with E-state index in [1.807, 2.05) is 21.0 Å². The molecule has 4 nitrogen and oxygen atoms in total. The van der Waals surface area contributed by atoms with Gasteiger partial charge >= 0.3 is 0 Å². The number of aryl methyl sites for hydroxylation is 1. The third-order valence-corrected chi connectivity index (χ3v) is 6.95. The summed E-state index contributed by atoms with van der Waals surface area (Å²) in [5, 5.41) is 0.692. The summed E-state index contributed by atoms with van der Waals surface area (Å²) >= 11 is 0. The van der Waals surface area contributed by atoms with Gasteiger partial charge in [-0.05, 0) is 75.2 Å². The first-order valence-electron chi connectivity index (χ1n) is 9.05. The molecule has 0 bridgehead atoms. The molecule has 27 heavy (non-hydrogen) atoms. The fourth-order valence-corrected chi connectivity index (χ4v) is 5.19. The molecule has 0 spiro atoms. The second-order valence-corrected chi connectivity index (χ2v) is 9.54. The molecule has 0 amide bonds. The van der Waals surface area contributed by atoms with Crippen LogP contribution in [-0.2, 0) is 10.0 Å². The summed E-state index contributed by atoms with van der Waals surface area (Å²) in [4.78, 5) is 2.37. The summed E-state index contributed by atoms with van der Waals surface area (Å²) < 4.78 is 41.7. The van der Waals surface area contributed by atoms with Crippen LogP contribution in [0.3, 0.4) is 0 Å². The Morgan fingerprint density at radius 2 is 1.85 bits per heavy atom. The van der Waals surface area contributed by atoms with Crippen molar-refractivity contribution in [2.45, 2.75) is 24.2 Å². The van der Waals surface area contributed by atoms with Crippen LogP contribution in [0.25, 0.3) is 10.9 Å². The van der Waals surface area contributed by atoms with E-state index in [4.69, 9.17) is 0 Å². The molecule has 4 rings (SSSR count). The van der Waals surface area contributed by atoms with Crippen LogP contribution in [-0.4, -0.2) is 37.9 Å². The summed E-state index contributed by atoms with van der Waals surface area (Å²) in [7, 11) is 0.319. The minimum atomic E-state index is -3.74. The number of fused-ring (bicyclic) bond motifs is 1. The summed E-state index contributed by atoms with van der Waals surface area (Å²) in [5.41, 5.74) is 2.45. The number of rotatable bonds is 5. The van der Waals surface area contributed by atoms with Crippen LogP contribution < -0.4 is 0 Å². The van der Waals surface area contributed by atoms with Crippen LogP contribution in [0.5, 0.6) is 0 Å². The second kappa shape index (κ2) is 6.46. The van der Waals surface area contributed by atoms with Gasteiger partial charge < -0.3 is 4.90 Å². The molecule has 0 saturated heterocycles. The van der Waals surface area contributed by atoms with Gasteiger partial charge in [0.1, 0.15) is 5.82 Å². The van der Waals surface area contributed by atoms with Crippen molar-refractivity contribution in [3.63, 3.8) is 0 Å². The first-order valence-corrected chi connectivity index (χ1v) is 10.5. The molecule has 0 unspecified atom stereocenters. The normalized spacial score (nSPS) is 19.7. The molecule has 1 fully saturated rings. The highest BCUT2D eigenvalue weighted by Gasteiger charge is 2.40. The number of hydrogen-bond donors (Lipinski definition) is 0. The Morgan fingerprint density at radius 1 is 1.15 bits per heavy atom. The Hall–Kier alpha value is -2.18. The average Bonchev–Trinajstić information content (AvgIpc) is 3.24. The molecule has 0 aliphatic heterocycles. The van der Waals surface area contributed by atoms with Crippen LogP contribution in [0, 0.1) is 18.7 Å². The lowest BCUT2D eigenvalue weighted by molar-refractivity contribution is 0.385. The van der Waals surface area contributed by atoms with E-state index in [0.717, 1.165) is 24.1 Å². The van der Waals surface area contributed by atoms with Crippen molar-refractivity contribution < 1.29 is 12.8 Å². The molecule has 1 aromatic heterocycles. The maximum atomic E-state index is 13.9. The lowest BCUT2D eigenvalue weighted by Gasteiger charge is -2.08. The zero-order chi connectivity index (χ0) is 19.3. The van der Waals surface area contributed by atoms with Crippen LogP contribution in [0.1, 0.15) is 23.5 Å². The molecular weight excluding hydrogens is 363 g/mol. The van der Waals surface area contributed by atoms with Gasteiger partial charge in [-0.3, -0.25) is 0 Å². The van der Waals surface area contributed by atoms with E-state index < -0.39 is 10.0 Å². The minimum Gasteiger partial charge on any atom is -0.309 e. The van der Waals surface area contributed by atoms with Crippen LogP contribution >= 0.6 is 0 Å². The zero-order valence-corrected chi connectivity index (χ0v) is 16.5. The van der Waals surface area contributed by atoms with E-state index in [9.17, 15) is 12.8 Å². The molecule has 2 aromatic carbocycles. The first-order chi connectivity index (χ1) is 12.8. The Bertz CT molecular complexity index is 1100. The van der Waals surface area contributed by atoms with Gasteiger partial charge in [-0.2, -0.15) is 0 Å². The highest BCUT2D eigenvalue weighted by atomic mass is 32.2. The van der Waals surface area contributed by atoms with Gasteiger partial charge in [0.25, 0.3) is 10.0 Å². The summed E-state index contributed by atoms with van der Waals surface area (Å²) in [6, 6.07) is 11.1. The molecule has 1 aliphatic carbocycles. The number of benzene rings is 2. The topological polar surface area (TPSA) is 42.3 Å². The van der Waals surface area contributed by atoms with Gasteiger partial charge in [0.15, 0.2) is 0 Å². The maximum Gasteiger partial charge on any atom is 0.268 e. The average molecular weight is 386 g/mol. The third-order valence-electron chi connectivity index (χ3n) is 5.26. The Labute approximate surface area is 159 Å². The highest BCUT2D eigenvalue weighted by Crippen LogP contribution is 2.50. The standard InChI is InChI=1S/C21H23FN2O2S/c1-14-4-7-17(8-5-14)27(25,26)24-13-20(18-10-15(18)12-23(2)3)19-11-16(22)6-9-21(19)24/h4-9,11,13,15,18H,10,12H2,1-3H3/t15-,18-/m0/s1. The van der Waals surface area contributed by atoms with Crippen molar-refractivity contribution in [1.29, 1.82) is 0 Å². The fourth-order valence-electron chi connectivity index (χ4n) is 3.81. The predicted molar refractivity (Wildman–Crippen MR) is 105 cm³/mol. The van der Waals surface area contributed by atoms with Crippen molar-refractivity contribution in [1.82, 2.24) is 8.87 Å². The quantitative estimate of drug-likeness (QED) is 0.666. The van der Waals surface area contributed by atoms with Crippen molar-refractivity contribution in [3.05, 3.63) is 65.6 Å². The van der Waals surface area contributed by atoms with Gasteiger partial charge in [-0.1, -0.05) is 17.7 Å². The molecule has 0 N–H and O–H groups in total. The Balaban J connectivity index is 1.83. The Morgan fingerprint density at radius 3 is 2.52 bits per heavy atom. The van der Waals surface area contributed by atoms with Gasteiger partial charge in [-0.25, -0.2) is 16.8 Å². The molecule has 6 heteroatoms. The van der Waals surface area contributed by atoms with Crippen molar-refractivity contribution in [2.24, 2.45) is 5.92 Å². The summed E-state index contributed by atoms with van der Waals surface area (Å²) in [5.74, 6) is 0.398. The summed E-state index contributed by atoms with van der Waals surface area (Å²) in [6.45, 7) is 2.86. The van der Waals surface area contributed by atoms with Crippen LogP contribution in [0.4, 0.5) is 4.39 Å². The largest absolute Gasteiger partial charge is 0.309 e. The monoisotopic (exact) mass is 386 g/mol. The molecule has 1 aliphatic rings. The van der Waals surface area contributed by atoms with Gasteiger partial charge in [-0.15, -0.1) is 0 Å². The van der Waals surface area contributed by atoms with Gasteiger partial charge in [0.05, 0.1) is 10.4 Å². The number of hydrogen-bond acceptors (Lipinski definition) is 3. The maximum absolute atomic E-state index is 13.9. The third kappa shape index (κ3) is 3.28. The highest BCUT2D eigenvalue weighted by molar-refractivity contribution is 7.90. The lowest BCUT2D eigenvalue weighted by Crippen LogP contribution is -2.15. The molecule has 1 saturated carbocycles. The molecule has 0 radical (unpaired) electrons. The molecular formula is C21H23FN2O2S. The van der Waals surface area contributed by atoms with Crippen LogP contribution in [0.2, 0.25) is 0 Å². The van der Waals surface area contributed by atoms with Crippen molar-refractivity contribution in [2.75, 3.05) is 20.6 Å². The smallest absolute Gasteiger partial charge is 0.268 e. The predicted octanol–water partition coefficient (Wildman–Crippen LogP) is 3.99. The van der Waals surface area contributed by atoms with E-state index in [0.29, 0.717) is 16.8 Å². The molecule has 2 atom stereocenters. The Kier molecular flexibility index (Phi) is 4.35. The van der Waals surface area contributed by atoms with Crippen molar-refractivity contribution >= 4 is 20.9 Å². The minimum absolute atomic E-state index is 0.238. The van der Waals surface area contributed by atoms with Crippen LogP contribution in [0.15, 0.2) is 53.6 Å². The van der Waals surface area contributed by atoms with Gasteiger partial charge in [0.2, 0.25) is 0 Å². The molecule has 1 heterocycles. The van der Waals surface area contributed by atoms with Gasteiger partial charge in [0, 0.05) is 18.1 Å². The number of nitrogens with zero attached hydrogens (tertiary/aromatic N) is 2. The number of aromatic nitrogens is 1. The molecule has 142 valence electrons. The first kappa shape index (κ1) is 18.2. The fraction of sp³-hybridized carbons (Fsp3) is 0.333. The zero-order valence-electron chi connectivity index (χ0n) is 15.7.